The molecule has 10 heteroatoms. The highest BCUT2D eigenvalue weighted by atomic mass is 35.5. The number of rotatable bonds is 2. The van der Waals surface area contributed by atoms with Crippen LogP contribution in [0.15, 0.2) is 73.4 Å². The summed E-state index contributed by atoms with van der Waals surface area (Å²) in [6.45, 7) is 0. The highest BCUT2D eigenvalue weighted by Crippen LogP contribution is 2.38. The zero-order valence-electron chi connectivity index (χ0n) is 16.6. The zero-order chi connectivity index (χ0) is 22.7. The lowest BCUT2D eigenvalue weighted by molar-refractivity contribution is -0.137. The van der Waals surface area contributed by atoms with Crippen LogP contribution in [0, 0.1) is 0 Å². The van der Waals surface area contributed by atoms with E-state index < -0.39 is 11.7 Å². The number of hydrogen-bond acceptors (Lipinski definition) is 4. The molecule has 0 bridgehead atoms. The molecule has 6 nitrogen and oxygen atoms in total. The highest BCUT2D eigenvalue weighted by Gasteiger charge is 2.34. The molecule has 0 radical (unpaired) electrons. The second kappa shape index (κ2) is 7.01. The summed E-state index contributed by atoms with van der Waals surface area (Å²) < 4.78 is 44.1. The normalized spacial score (nSPS) is 12.2. The van der Waals surface area contributed by atoms with Crippen LogP contribution in [0.25, 0.3) is 44.5 Å². The van der Waals surface area contributed by atoms with Crippen molar-refractivity contribution in [1.29, 1.82) is 0 Å². The van der Waals surface area contributed by atoms with E-state index in [0.29, 0.717) is 22.3 Å². The minimum absolute atomic E-state index is 0.263. The summed E-state index contributed by atoms with van der Waals surface area (Å²) in [7, 11) is 0. The summed E-state index contributed by atoms with van der Waals surface area (Å²) in [5.41, 5.74) is 3.16. The van der Waals surface area contributed by atoms with Crippen molar-refractivity contribution in [3.05, 3.63) is 84.0 Å². The largest absolute Gasteiger partial charge is 0.417 e. The van der Waals surface area contributed by atoms with E-state index in [2.05, 4.69) is 20.2 Å². The van der Waals surface area contributed by atoms with E-state index in [0.717, 1.165) is 22.6 Å². The fraction of sp³-hybridized carbons (Fsp3) is 0.0435. The Morgan fingerprint density at radius 3 is 2.61 bits per heavy atom. The lowest BCUT2D eigenvalue weighted by Crippen LogP contribution is -2.07. The summed E-state index contributed by atoms with van der Waals surface area (Å²) in [6, 6.07) is 13.3. The van der Waals surface area contributed by atoms with Crippen LogP contribution in [0.3, 0.4) is 0 Å². The molecule has 4 aromatic heterocycles. The molecule has 0 saturated heterocycles. The molecule has 6 aromatic rings. The molecule has 0 saturated carbocycles. The predicted octanol–water partition coefficient (Wildman–Crippen LogP) is 5.96. The third-order valence-corrected chi connectivity index (χ3v) is 5.87. The van der Waals surface area contributed by atoms with Crippen LogP contribution < -0.4 is 0 Å². The molecular weight excluding hydrogens is 453 g/mol. The van der Waals surface area contributed by atoms with E-state index in [1.54, 1.807) is 27.6 Å². The smallest absolute Gasteiger partial charge is 0.276 e. The second-order valence-corrected chi connectivity index (χ2v) is 7.87. The fourth-order valence-electron chi connectivity index (χ4n) is 4.06. The third kappa shape index (κ3) is 3.04. The third-order valence-electron chi connectivity index (χ3n) is 5.54. The van der Waals surface area contributed by atoms with Gasteiger partial charge in [-0.3, -0.25) is 18.9 Å². The van der Waals surface area contributed by atoms with Gasteiger partial charge in [-0.1, -0.05) is 23.7 Å². The minimum atomic E-state index is -4.60. The van der Waals surface area contributed by atoms with Gasteiger partial charge < -0.3 is 0 Å². The van der Waals surface area contributed by atoms with E-state index >= 15 is 0 Å². The predicted molar refractivity (Wildman–Crippen MR) is 118 cm³/mol. The van der Waals surface area contributed by atoms with Crippen molar-refractivity contribution in [3.8, 4) is 16.8 Å². The molecule has 0 aliphatic rings. The Bertz CT molecular complexity index is 1670. The van der Waals surface area contributed by atoms with Crippen molar-refractivity contribution in [2.75, 3.05) is 0 Å². The molecule has 33 heavy (non-hydrogen) atoms. The minimum Gasteiger partial charge on any atom is -0.276 e. The molecule has 0 fully saturated rings. The lowest BCUT2D eigenvalue weighted by Gasteiger charge is -2.13. The van der Waals surface area contributed by atoms with Gasteiger partial charge in [0.25, 0.3) is 0 Å². The molecule has 6 rings (SSSR count). The molecular formula is C23H12ClF3N6. The van der Waals surface area contributed by atoms with Gasteiger partial charge in [-0.15, -0.1) is 10.2 Å². The summed E-state index contributed by atoms with van der Waals surface area (Å²) in [5.74, 6) is 0.363. The topological polar surface area (TPSA) is 60.9 Å². The van der Waals surface area contributed by atoms with Crippen molar-refractivity contribution in [3.63, 3.8) is 0 Å². The van der Waals surface area contributed by atoms with Gasteiger partial charge in [0, 0.05) is 29.0 Å². The van der Waals surface area contributed by atoms with Gasteiger partial charge in [0.05, 0.1) is 33.3 Å². The first-order valence-electron chi connectivity index (χ1n) is 9.82. The Hall–Kier alpha value is -3.98. The number of fused-ring (bicyclic) bond motifs is 5. The van der Waals surface area contributed by atoms with Gasteiger partial charge in [0.15, 0.2) is 0 Å². The SMILES string of the molecule is FC(F)(F)c1cc(-n2c3c4cc(-c5cccnc5)ccc4ncc3n3cnnc23)ccc1Cl. The number of alkyl halides is 3. The maximum Gasteiger partial charge on any atom is 0.417 e. The van der Waals surface area contributed by atoms with E-state index in [4.69, 9.17) is 11.6 Å². The van der Waals surface area contributed by atoms with E-state index in [9.17, 15) is 13.2 Å². The number of hydrogen-bond donors (Lipinski definition) is 0. The molecule has 4 heterocycles. The molecule has 0 spiro atoms. The molecule has 0 unspecified atom stereocenters. The zero-order valence-corrected chi connectivity index (χ0v) is 17.4. The second-order valence-electron chi connectivity index (χ2n) is 7.46. The molecule has 0 amide bonds. The summed E-state index contributed by atoms with van der Waals surface area (Å²) in [4.78, 5) is 8.72. The lowest BCUT2D eigenvalue weighted by atomic mass is 10.0. The van der Waals surface area contributed by atoms with Crippen LogP contribution in [0.4, 0.5) is 13.2 Å². The Balaban J connectivity index is 1.72. The Kier molecular flexibility index (Phi) is 4.18. The fourth-order valence-corrected chi connectivity index (χ4v) is 4.28. The van der Waals surface area contributed by atoms with Crippen molar-refractivity contribution >= 4 is 39.3 Å². The van der Waals surface area contributed by atoms with Crippen molar-refractivity contribution in [1.82, 2.24) is 29.1 Å². The molecule has 162 valence electrons. The van der Waals surface area contributed by atoms with Gasteiger partial charge in [0.2, 0.25) is 5.78 Å². The number of aromatic nitrogens is 6. The van der Waals surface area contributed by atoms with Crippen LogP contribution >= 0.6 is 11.6 Å². The van der Waals surface area contributed by atoms with Crippen molar-refractivity contribution in [2.45, 2.75) is 6.18 Å². The van der Waals surface area contributed by atoms with Gasteiger partial charge in [-0.2, -0.15) is 13.2 Å². The van der Waals surface area contributed by atoms with Gasteiger partial charge in [-0.25, -0.2) is 0 Å². The maximum absolute atomic E-state index is 13.6. The van der Waals surface area contributed by atoms with Gasteiger partial charge >= 0.3 is 6.18 Å². The number of nitrogens with zero attached hydrogens (tertiary/aromatic N) is 6. The van der Waals surface area contributed by atoms with Crippen LogP contribution in [0.5, 0.6) is 0 Å². The number of pyridine rings is 2. The Morgan fingerprint density at radius 2 is 1.82 bits per heavy atom. The summed E-state index contributed by atoms with van der Waals surface area (Å²) in [6.07, 6.45) is 2.01. The molecule has 0 aliphatic carbocycles. The summed E-state index contributed by atoms with van der Waals surface area (Å²) >= 11 is 5.86. The number of imidazole rings is 1. The average molecular weight is 465 g/mol. The molecule has 0 atom stereocenters. The van der Waals surface area contributed by atoms with E-state index in [-0.39, 0.29) is 10.7 Å². The monoisotopic (exact) mass is 464 g/mol. The van der Waals surface area contributed by atoms with Crippen LogP contribution in [-0.4, -0.2) is 29.1 Å². The maximum atomic E-state index is 13.6. The highest BCUT2D eigenvalue weighted by molar-refractivity contribution is 6.31. The summed E-state index contributed by atoms with van der Waals surface area (Å²) in [5, 5.41) is 8.48. The number of halogens is 4. The van der Waals surface area contributed by atoms with Crippen LogP contribution in [0.1, 0.15) is 5.56 Å². The molecule has 0 N–H and O–H groups in total. The van der Waals surface area contributed by atoms with Crippen molar-refractivity contribution in [2.24, 2.45) is 0 Å². The van der Waals surface area contributed by atoms with Crippen molar-refractivity contribution < 1.29 is 13.2 Å². The van der Waals surface area contributed by atoms with Gasteiger partial charge in [0.1, 0.15) is 6.33 Å². The molecule has 0 aliphatic heterocycles. The quantitative estimate of drug-likeness (QED) is 0.317. The first-order chi connectivity index (χ1) is 15.9. The number of benzene rings is 2. The standard InChI is InChI=1S/C23H12ClF3N6/c24-18-5-4-15(9-17(18)23(25,26)27)33-21-16-8-13(14-2-1-7-28-10-14)3-6-19(16)29-11-20(21)32-12-30-31-22(32)33/h1-12H. The van der Waals surface area contributed by atoms with Crippen LogP contribution in [0.2, 0.25) is 5.02 Å². The Labute approximate surface area is 188 Å². The first-order valence-corrected chi connectivity index (χ1v) is 10.2. The van der Waals surface area contributed by atoms with E-state index in [1.807, 2.05) is 30.3 Å². The molecule has 2 aromatic carbocycles. The average Bonchev–Trinajstić information content (AvgIpc) is 3.40. The first kappa shape index (κ1) is 19.7. The Morgan fingerprint density at radius 1 is 0.939 bits per heavy atom. The van der Waals surface area contributed by atoms with E-state index in [1.165, 1.54) is 18.5 Å². The van der Waals surface area contributed by atoms with Gasteiger partial charge in [-0.05, 0) is 42.0 Å². The van der Waals surface area contributed by atoms with Crippen LogP contribution in [-0.2, 0) is 6.18 Å².